The molecule has 0 saturated carbocycles. The summed E-state index contributed by atoms with van der Waals surface area (Å²) in [5.41, 5.74) is 14.3. The molecule has 22 heteroatoms. The fraction of sp³-hybridized carbons (Fsp3) is 0.780. The van der Waals surface area contributed by atoms with Crippen molar-refractivity contribution in [3.05, 3.63) is 18.2 Å². The lowest BCUT2D eigenvalue weighted by Gasteiger charge is -2.17. The molecule has 0 spiro atoms. The molecular weight excluding hydrogens is 935 g/mol. The number of nitrogens with two attached hydrogens (primary N) is 1. The Morgan fingerprint density at radius 1 is 0.625 bits per heavy atom. The number of hydrogen-bond acceptors (Lipinski definition) is 13. The number of carboxylic acids is 1. The van der Waals surface area contributed by atoms with Gasteiger partial charge in [-0.2, -0.15) is 0 Å². The molecule has 1 radical (unpaired) electrons. The number of aromatic amines is 1. The molecule has 411 valence electrons. The highest BCUT2D eigenvalue weighted by Crippen LogP contribution is 2.17. The first-order valence-corrected chi connectivity index (χ1v) is 26.2. The van der Waals surface area contributed by atoms with E-state index in [4.69, 9.17) is 35.5 Å². The zero-order valence-corrected chi connectivity index (χ0v) is 43.0. The number of primary amides is 1. The Labute approximate surface area is 426 Å². The number of Topliss-reactive ketones (excluding diaryl/α,β-unsaturated/α-hetero) is 1. The van der Waals surface area contributed by atoms with E-state index in [9.17, 15) is 38.4 Å². The highest BCUT2D eigenvalue weighted by molar-refractivity contribution is 5.91. The lowest BCUT2D eigenvalue weighted by molar-refractivity contribution is -0.139. The maximum Gasteiger partial charge on any atom is 0.322 e. The summed E-state index contributed by atoms with van der Waals surface area (Å²) in [6, 6.07) is -2.02. The van der Waals surface area contributed by atoms with Gasteiger partial charge in [0.1, 0.15) is 25.8 Å². The highest BCUT2D eigenvalue weighted by atomic mass is 16.5. The summed E-state index contributed by atoms with van der Waals surface area (Å²) < 4.78 is 21.5. The molecule has 0 unspecified atom stereocenters. The fourth-order valence-corrected chi connectivity index (χ4v) is 7.46. The highest BCUT2D eigenvalue weighted by Gasteiger charge is 2.26. The van der Waals surface area contributed by atoms with Gasteiger partial charge in [-0.3, -0.25) is 38.4 Å². The van der Waals surface area contributed by atoms with Crippen LogP contribution in [0.2, 0.25) is 0 Å². The first-order valence-electron chi connectivity index (χ1n) is 26.2. The Bertz CT molecular complexity index is 1640. The van der Waals surface area contributed by atoms with Crippen molar-refractivity contribution in [2.24, 2.45) is 11.7 Å². The average Bonchev–Trinajstić information content (AvgIpc) is 3.87. The van der Waals surface area contributed by atoms with Gasteiger partial charge < -0.3 is 61.4 Å². The number of unbranched alkanes of at least 4 members (excludes halogenated alkanes) is 15. The monoisotopic (exact) mass is 1020 g/mol. The van der Waals surface area contributed by atoms with E-state index in [-0.39, 0.29) is 122 Å². The molecule has 6 amide bonds. The molecule has 3 atom stereocenters. The minimum Gasteiger partial charge on any atom is -0.480 e. The van der Waals surface area contributed by atoms with E-state index in [1.54, 1.807) is 0 Å². The van der Waals surface area contributed by atoms with Crippen molar-refractivity contribution in [1.29, 1.82) is 0 Å². The zero-order valence-electron chi connectivity index (χ0n) is 43.0. The molecule has 0 aliphatic rings. The van der Waals surface area contributed by atoms with Crippen molar-refractivity contribution < 1.29 is 62.4 Å². The molecule has 1 aromatic heterocycles. The van der Waals surface area contributed by atoms with Crippen LogP contribution in [-0.2, 0) is 63.7 Å². The number of carbonyl (C=O) groups excluding carboxylic acids is 7. The first kappa shape index (κ1) is 65.0. The topological polar surface area (TPSA) is 332 Å². The Morgan fingerprint density at radius 2 is 1.15 bits per heavy atom. The second-order valence-corrected chi connectivity index (χ2v) is 17.9. The Hall–Kier alpha value is -5.03. The third-order valence-electron chi connectivity index (χ3n) is 11.6. The number of nitrogens with zero attached hydrogens (tertiary/aromatic N) is 1. The third-order valence-corrected chi connectivity index (χ3v) is 11.6. The minimum absolute atomic E-state index is 0.0115. The maximum atomic E-state index is 12.7. The number of carboxylic acid groups (broad SMARTS) is 1. The Kier molecular flexibility index (Phi) is 40.3. The lowest BCUT2D eigenvalue weighted by Crippen LogP contribution is -2.45. The molecule has 0 aliphatic carbocycles. The lowest BCUT2D eigenvalue weighted by atomic mass is 9.91. The molecule has 22 nitrogen and oxygen atoms in total. The molecule has 1 aromatic rings. The molecule has 0 aliphatic heterocycles. The van der Waals surface area contributed by atoms with E-state index in [1.807, 2.05) is 0 Å². The number of carbonyl (C=O) groups is 8. The van der Waals surface area contributed by atoms with Crippen LogP contribution in [-0.4, -0.2) is 153 Å². The van der Waals surface area contributed by atoms with E-state index < -0.39 is 48.1 Å². The molecule has 0 bridgehead atoms. The fourth-order valence-electron chi connectivity index (χ4n) is 7.46. The van der Waals surface area contributed by atoms with Gasteiger partial charge in [-0.05, 0) is 25.7 Å². The number of aliphatic carboxylic acids is 1. The molecule has 0 aromatic carbocycles. The summed E-state index contributed by atoms with van der Waals surface area (Å²) in [4.78, 5) is 104. The van der Waals surface area contributed by atoms with Crippen LogP contribution in [0, 0.1) is 5.92 Å². The second-order valence-electron chi connectivity index (χ2n) is 17.9. The van der Waals surface area contributed by atoms with Crippen LogP contribution in [0.25, 0.3) is 0 Å². The minimum atomic E-state index is -1.22. The predicted octanol–water partition coefficient (Wildman–Crippen LogP) is 2.98. The van der Waals surface area contributed by atoms with E-state index >= 15 is 0 Å². The summed E-state index contributed by atoms with van der Waals surface area (Å²) in [5.74, 6) is -4.98. The van der Waals surface area contributed by atoms with E-state index in [0.29, 0.717) is 31.5 Å². The van der Waals surface area contributed by atoms with Crippen LogP contribution in [0.15, 0.2) is 12.5 Å². The normalized spacial score (nSPS) is 12.4. The van der Waals surface area contributed by atoms with E-state index in [1.165, 1.54) is 89.6 Å². The number of hydrogen-bond donors (Lipinski definition) is 8. The largest absolute Gasteiger partial charge is 0.480 e. The molecular formula is C50H88N9O13. The van der Waals surface area contributed by atoms with Crippen molar-refractivity contribution >= 4 is 47.2 Å². The van der Waals surface area contributed by atoms with Crippen molar-refractivity contribution in [3.63, 3.8) is 0 Å². The number of aromatic nitrogens is 2. The van der Waals surface area contributed by atoms with Gasteiger partial charge in [0.05, 0.1) is 52.0 Å². The van der Waals surface area contributed by atoms with Crippen molar-refractivity contribution in [3.8, 4) is 0 Å². The summed E-state index contributed by atoms with van der Waals surface area (Å²) in [5, 5.41) is 21.9. The Balaban J connectivity index is 2.00. The third kappa shape index (κ3) is 38.6. The van der Waals surface area contributed by atoms with Gasteiger partial charge >= 0.3 is 5.97 Å². The van der Waals surface area contributed by atoms with Crippen LogP contribution in [0.5, 0.6) is 0 Å². The van der Waals surface area contributed by atoms with Crippen LogP contribution in [0.4, 0.5) is 0 Å². The quantitative estimate of drug-likeness (QED) is 0.0435. The van der Waals surface area contributed by atoms with Gasteiger partial charge in [0.25, 0.3) is 0 Å². The smallest absolute Gasteiger partial charge is 0.322 e. The van der Waals surface area contributed by atoms with Crippen LogP contribution < -0.4 is 38.1 Å². The molecule has 1 rings (SSSR count). The number of nitrogens with one attached hydrogen (secondary N) is 7. The van der Waals surface area contributed by atoms with Gasteiger partial charge in [-0.25, -0.2) is 10.7 Å². The molecule has 10 N–H and O–H groups in total. The Morgan fingerprint density at radius 3 is 1.68 bits per heavy atom. The van der Waals surface area contributed by atoms with Gasteiger partial charge in [0.2, 0.25) is 35.4 Å². The average molecular weight is 1020 g/mol. The molecule has 0 fully saturated rings. The van der Waals surface area contributed by atoms with E-state index in [0.717, 1.165) is 19.3 Å². The number of rotatable bonds is 50. The van der Waals surface area contributed by atoms with Gasteiger partial charge in [-0.15, -0.1) is 0 Å². The number of ketones is 1. The van der Waals surface area contributed by atoms with Crippen molar-refractivity contribution in [1.82, 2.24) is 42.3 Å². The molecule has 72 heavy (non-hydrogen) atoms. The summed E-state index contributed by atoms with van der Waals surface area (Å²) in [6.07, 6.45) is 23.0. The number of H-pyrrole nitrogens is 1. The predicted molar refractivity (Wildman–Crippen MR) is 269 cm³/mol. The van der Waals surface area contributed by atoms with Gasteiger partial charge in [0.15, 0.2) is 5.78 Å². The van der Waals surface area contributed by atoms with Crippen molar-refractivity contribution in [2.45, 2.75) is 167 Å². The zero-order chi connectivity index (χ0) is 52.9. The summed E-state index contributed by atoms with van der Waals surface area (Å²) in [7, 11) is 0. The number of amides is 6. The first-order chi connectivity index (χ1) is 34.8. The molecule has 1 heterocycles. The SMILES string of the molecule is CCCCCCCCCCCCCCCCCC(=O)N[C@@H](CCC(=O)NCCOCCOCC(=O)NCCOCCOCC(=O)NCCCC[C@H](CC(=O)[C@@H]([NH])Cc1cnc[nH]1)C(=O)NCC(=O)O)C(N)=O. The summed E-state index contributed by atoms with van der Waals surface area (Å²) in [6.45, 7) is 3.13. The number of ether oxygens (including phenoxy) is 4. The van der Waals surface area contributed by atoms with Gasteiger partial charge in [-0.1, -0.05) is 103 Å². The van der Waals surface area contributed by atoms with Crippen LogP contribution in [0.3, 0.4) is 0 Å². The van der Waals surface area contributed by atoms with Crippen molar-refractivity contribution in [2.75, 3.05) is 79.0 Å². The summed E-state index contributed by atoms with van der Waals surface area (Å²) >= 11 is 0. The maximum absolute atomic E-state index is 12.7. The second kappa shape index (κ2) is 44.7. The van der Waals surface area contributed by atoms with Crippen LogP contribution in [0.1, 0.15) is 154 Å². The van der Waals surface area contributed by atoms with Gasteiger partial charge in [0, 0.05) is 63.1 Å². The standard InChI is InChI=1S/C50H88N9O13/c1-2-3-4-5-6-7-8-9-10-11-12-13-14-15-16-20-45(62)59-42(49(52)67)21-22-44(61)55-24-26-69-28-31-72-37-47(64)56-25-27-70-29-30-71-36-46(63)54-23-18-17-19-39(50(68)57-35-48(65)66)32-43(60)41(51)33-40-34-53-38-58-40/h34,38-39,41-42,51H,2-33,35-37H2,1H3,(H2,52,67)(H,53,58)(H,54,63)(H,55,61)(H,56,64)(H,57,68)(H,59,62)(H,65,66)/t39-,41+,42+/m1/s1. The number of imidazole rings is 1. The van der Waals surface area contributed by atoms with E-state index in [2.05, 4.69) is 43.5 Å². The van der Waals surface area contributed by atoms with Crippen LogP contribution >= 0.6 is 0 Å². The molecule has 0 saturated heterocycles.